The fourth-order valence-corrected chi connectivity index (χ4v) is 1.89. The first-order chi connectivity index (χ1) is 6.63. The molecule has 0 amide bonds. The van der Waals surface area contributed by atoms with Gasteiger partial charge in [0.2, 0.25) is 0 Å². The van der Waals surface area contributed by atoms with E-state index in [1.54, 1.807) is 11.3 Å². The first kappa shape index (κ1) is 11.4. The van der Waals surface area contributed by atoms with Gasteiger partial charge >= 0.3 is 0 Å². The molecular formula is C11H18N2S. The zero-order valence-electron chi connectivity index (χ0n) is 9.08. The van der Waals surface area contributed by atoms with Gasteiger partial charge in [0.05, 0.1) is 5.01 Å². The number of aromatic nitrogens is 1. The Labute approximate surface area is 90.1 Å². The van der Waals surface area contributed by atoms with Gasteiger partial charge in [-0.3, -0.25) is 0 Å². The maximum atomic E-state index is 4.37. The Kier molecular flexibility index (Phi) is 4.29. The smallest absolute Gasteiger partial charge is 0.0953 e. The summed E-state index contributed by atoms with van der Waals surface area (Å²) in [6.45, 7) is 11.1. The van der Waals surface area contributed by atoms with Gasteiger partial charge in [-0.2, -0.15) is 0 Å². The van der Waals surface area contributed by atoms with E-state index >= 15 is 0 Å². The summed E-state index contributed by atoms with van der Waals surface area (Å²) in [5, 5.41) is 4.57. The molecule has 1 heterocycles. The van der Waals surface area contributed by atoms with Crippen LogP contribution in [0.1, 0.15) is 36.6 Å². The molecule has 1 N–H and O–H groups in total. The Morgan fingerprint density at radius 1 is 1.57 bits per heavy atom. The molecule has 1 atom stereocenters. The lowest BCUT2D eigenvalue weighted by Crippen LogP contribution is -2.22. The minimum Gasteiger partial charge on any atom is -0.306 e. The van der Waals surface area contributed by atoms with Crippen molar-refractivity contribution in [3.63, 3.8) is 0 Å². The van der Waals surface area contributed by atoms with Gasteiger partial charge in [0, 0.05) is 29.6 Å². The summed E-state index contributed by atoms with van der Waals surface area (Å²) in [7, 11) is 0. The van der Waals surface area contributed by atoms with Gasteiger partial charge in [-0.1, -0.05) is 19.9 Å². The van der Waals surface area contributed by atoms with Crippen molar-refractivity contribution in [2.24, 2.45) is 0 Å². The first-order valence-electron chi connectivity index (χ1n) is 4.94. The summed E-state index contributed by atoms with van der Waals surface area (Å²) in [4.78, 5) is 5.67. The van der Waals surface area contributed by atoms with Crippen molar-refractivity contribution < 1.29 is 0 Å². The van der Waals surface area contributed by atoms with Gasteiger partial charge in [0.25, 0.3) is 0 Å². The van der Waals surface area contributed by atoms with Gasteiger partial charge in [0.1, 0.15) is 0 Å². The fourth-order valence-electron chi connectivity index (χ4n) is 1.02. The maximum absolute atomic E-state index is 4.37. The number of hydrogen-bond acceptors (Lipinski definition) is 3. The van der Waals surface area contributed by atoms with E-state index in [-0.39, 0.29) is 0 Å². The van der Waals surface area contributed by atoms with Crippen LogP contribution in [-0.4, -0.2) is 11.0 Å². The zero-order valence-corrected chi connectivity index (χ0v) is 9.90. The standard InChI is InChI=1S/C11H18N2S/c1-5-9(4)12-6-10-7-13-11(14-10)8(2)3/h5,7-9,12H,1,6H2,2-4H3. The Morgan fingerprint density at radius 2 is 2.29 bits per heavy atom. The van der Waals surface area contributed by atoms with E-state index in [9.17, 15) is 0 Å². The number of thiazole rings is 1. The molecule has 0 aliphatic heterocycles. The molecule has 0 spiro atoms. The highest BCUT2D eigenvalue weighted by molar-refractivity contribution is 7.11. The molecular weight excluding hydrogens is 192 g/mol. The van der Waals surface area contributed by atoms with Gasteiger partial charge in [-0.25, -0.2) is 4.98 Å². The second kappa shape index (κ2) is 5.27. The molecule has 0 fully saturated rings. The van der Waals surface area contributed by atoms with Crippen LogP contribution in [0.5, 0.6) is 0 Å². The predicted octanol–water partition coefficient (Wildman–Crippen LogP) is 2.93. The van der Waals surface area contributed by atoms with Crippen molar-refractivity contribution in [3.05, 3.63) is 28.7 Å². The van der Waals surface area contributed by atoms with E-state index < -0.39 is 0 Å². The van der Waals surface area contributed by atoms with Crippen LogP contribution in [-0.2, 0) is 6.54 Å². The van der Waals surface area contributed by atoms with E-state index in [1.165, 1.54) is 9.88 Å². The second-order valence-corrected chi connectivity index (χ2v) is 4.87. The van der Waals surface area contributed by atoms with Crippen molar-refractivity contribution in [1.82, 2.24) is 10.3 Å². The summed E-state index contributed by atoms with van der Waals surface area (Å²) in [6, 6.07) is 0.361. The Balaban J connectivity index is 2.47. The molecule has 0 bridgehead atoms. The lowest BCUT2D eigenvalue weighted by atomic mass is 10.2. The normalized spacial score (nSPS) is 13.1. The maximum Gasteiger partial charge on any atom is 0.0953 e. The Morgan fingerprint density at radius 3 is 2.79 bits per heavy atom. The summed E-state index contributed by atoms with van der Waals surface area (Å²) in [6.07, 6.45) is 3.87. The van der Waals surface area contributed by atoms with Crippen LogP contribution < -0.4 is 5.32 Å². The molecule has 1 aromatic rings. The van der Waals surface area contributed by atoms with Gasteiger partial charge in [-0.15, -0.1) is 17.9 Å². The molecule has 0 saturated carbocycles. The van der Waals surface area contributed by atoms with Crippen LogP contribution in [0.3, 0.4) is 0 Å². The minimum absolute atomic E-state index is 0.361. The monoisotopic (exact) mass is 210 g/mol. The number of hydrogen-bond donors (Lipinski definition) is 1. The molecule has 2 nitrogen and oxygen atoms in total. The number of nitrogens with zero attached hydrogens (tertiary/aromatic N) is 1. The van der Waals surface area contributed by atoms with Gasteiger partial charge < -0.3 is 5.32 Å². The highest BCUT2D eigenvalue weighted by Gasteiger charge is 2.05. The van der Waals surface area contributed by atoms with Crippen molar-refractivity contribution >= 4 is 11.3 Å². The average Bonchev–Trinajstić information content (AvgIpc) is 2.62. The van der Waals surface area contributed by atoms with Crippen LogP contribution in [0, 0.1) is 0 Å². The molecule has 0 aliphatic carbocycles. The van der Waals surface area contributed by atoms with Gasteiger partial charge in [-0.05, 0) is 6.92 Å². The highest BCUT2D eigenvalue weighted by Crippen LogP contribution is 2.20. The Bertz CT molecular complexity index is 291. The van der Waals surface area contributed by atoms with Gasteiger partial charge in [0.15, 0.2) is 0 Å². The molecule has 0 aromatic carbocycles. The lowest BCUT2D eigenvalue weighted by Gasteiger charge is -2.06. The molecule has 1 unspecified atom stereocenters. The third-order valence-corrected chi connectivity index (χ3v) is 3.32. The first-order valence-corrected chi connectivity index (χ1v) is 5.75. The number of rotatable bonds is 5. The summed E-state index contributed by atoms with van der Waals surface area (Å²) in [5.41, 5.74) is 0. The molecule has 3 heteroatoms. The SMILES string of the molecule is C=CC(C)NCc1cnc(C(C)C)s1. The van der Waals surface area contributed by atoms with Crippen molar-refractivity contribution in [3.8, 4) is 0 Å². The zero-order chi connectivity index (χ0) is 10.6. The van der Waals surface area contributed by atoms with Crippen LogP contribution >= 0.6 is 11.3 Å². The topological polar surface area (TPSA) is 24.9 Å². The van der Waals surface area contributed by atoms with Crippen LogP contribution in [0.2, 0.25) is 0 Å². The van der Waals surface area contributed by atoms with E-state index in [2.05, 4.69) is 37.7 Å². The molecule has 78 valence electrons. The fraction of sp³-hybridized carbons (Fsp3) is 0.545. The molecule has 1 aromatic heterocycles. The number of nitrogens with one attached hydrogen (secondary N) is 1. The van der Waals surface area contributed by atoms with E-state index in [0.29, 0.717) is 12.0 Å². The van der Waals surface area contributed by atoms with Crippen LogP contribution in [0.4, 0.5) is 0 Å². The quantitative estimate of drug-likeness (QED) is 0.756. The third kappa shape index (κ3) is 3.24. The predicted molar refractivity (Wildman–Crippen MR) is 62.7 cm³/mol. The van der Waals surface area contributed by atoms with Crippen LogP contribution in [0.15, 0.2) is 18.9 Å². The molecule has 1 rings (SSSR count). The summed E-state index contributed by atoms with van der Waals surface area (Å²) in [5.74, 6) is 0.533. The van der Waals surface area contributed by atoms with Crippen molar-refractivity contribution in [1.29, 1.82) is 0 Å². The highest BCUT2D eigenvalue weighted by atomic mass is 32.1. The van der Waals surface area contributed by atoms with Crippen molar-refractivity contribution in [2.75, 3.05) is 0 Å². The average molecular weight is 210 g/mol. The molecule has 0 radical (unpaired) electrons. The molecule has 0 saturated heterocycles. The molecule has 0 aliphatic rings. The third-order valence-electron chi connectivity index (χ3n) is 2.02. The Hall–Kier alpha value is -0.670. The largest absolute Gasteiger partial charge is 0.306 e. The van der Waals surface area contributed by atoms with Crippen LogP contribution in [0.25, 0.3) is 0 Å². The van der Waals surface area contributed by atoms with E-state index in [1.807, 2.05) is 12.3 Å². The van der Waals surface area contributed by atoms with E-state index in [0.717, 1.165) is 6.54 Å². The summed E-state index contributed by atoms with van der Waals surface area (Å²) >= 11 is 1.79. The second-order valence-electron chi connectivity index (χ2n) is 3.72. The van der Waals surface area contributed by atoms with Crippen molar-refractivity contribution in [2.45, 2.75) is 39.3 Å². The lowest BCUT2D eigenvalue weighted by molar-refractivity contribution is 0.639. The van der Waals surface area contributed by atoms with E-state index in [4.69, 9.17) is 0 Å². The molecule has 14 heavy (non-hydrogen) atoms. The minimum atomic E-state index is 0.361. The summed E-state index contributed by atoms with van der Waals surface area (Å²) < 4.78 is 0.